The molecule has 21 nitrogen and oxygen atoms in total. The first-order valence-electron chi connectivity index (χ1n) is 27.3. The number of rotatable bonds is 31. The normalized spacial score (nSPS) is 18.4. The number of carbonyl (C=O) groups is 7. The Morgan fingerprint density at radius 1 is 0.785 bits per heavy atom. The van der Waals surface area contributed by atoms with Gasteiger partial charge in [0.25, 0.3) is 5.91 Å². The van der Waals surface area contributed by atoms with E-state index in [9.17, 15) is 33.6 Å². The van der Waals surface area contributed by atoms with Crippen molar-refractivity contribution in [3.05, 3.63) is 83.4 Å². The number of fused-ring (bicyclic) bond motifs is 1. The molecule has 4 aliphatic rings. The minimum absolute atomic E-state index is 0.0528. The van der Waals surface area contributed by atoms with Gasteiger partial charge in [-0.3, -0.25) is 28.9 Å². The van der Waals surface area contributed by atoms with Crippen molar-refractivity contribution in [2.45, 2.75) is 101 Å². The molecule has 8 rings (SSSR count). The minimum atomic E-state index is -0.411. The van der Waals surface area contributed by atoms with Gasteiger partial charge >= 0.3 is 12.1 Å². The third-order valence-electron chi connectivity index (χ3n) is 13.8. The van der Waals surface area contributed by atoms with Crippen molar-refractivity contribution in [3.63, 3.8) is 0 Å². The molecule has 2 aromatic carbocycles. The van der Waals surface area contributed by atoms with Crippen molar-refractivity contribution in [1.29, 1.82) is 0 Å². The van der Waals surface area contributed by atoms with Gasteiger partial charge in [-0.15, -0.1) is 11.3 Å². The first-order chi connectivity index (χ1) is 38.5. The maximum Gasteiger partial charge on any atom is 0.331 e. The van der Waals surface area contributed by atoms with Crippen LogP contribution in [-0.4, -0.2) is 153 Å². The lowest BCUT2D eigenvalue weighted by Crippen LogP contribution is -2.49. The molecule has 424 valence electrons. The molecule has 0 aliphatic carbocycles. The highest BCUT2D eigenvalue weighted by atomic mass is 32.2. The maximum atomic E-state index is 13.9. The number of aromatic nitrogens is 1. The van der Waals surface area contributed by atoms with Crippen LogP contribution in [-0.2, 0) is 33.4 Å². The number of amides is 9. The Hall–Kier alpha value is -6.79. The van der Waals surface area contributed by atoms with Gasteiger partial charge in [-0.25, -0.2) is 14.6 Å². The van der Waals surface area contributed by atoms with Crippen LogP contribution in [0.15, 0.2) is 72.9 Å². The first kappa shape index (κ1) is 58.4. The number of piperidine rings is 1. The number of nitrogens with one attached hydrogen (secondary N) is 7. The molecular weight excluding hydrogens is 1050 g/mol. The molecule has 4 aromatic rings. The molecule has 9 amide bonds. The number of aryl methyl sites for hydroxylation is 1. The van der Waals surface area contributed by atoms with E-state index in [4.69, 9.17) is 18.9 Å². The molecule has 1 unspecified atom stereocenters. The van der Waals surface area contributed by atoms with E-state index in [1.807, 2.05) is 67.2 Å². The number of urea groups is 2. The number of carbonyl (C=O) groups excluding carboxylic acids is 7. The van der Waals surface area contributed by atoms with E-state index in [1.54, 1.807) is 28.1 Å². The van der Waals surface area contributed by atoms with Gasteiger partial charge in [0.1, 0.15) is 21.2 Å². The number of hydrogen-bond acceptors (Lipinski definition) is 14. The highest BCUT2D eigenvalue weighted by Crippen LogP contribution is 2.46. The molecule has 3 fully saturated rings. The molecule has 0 saturated carbocycles. The molecular formula is C56H72N10O11S2. The summed E-state index contributed by atoms with van der Waals surface area (Å²) < 4.78 is 22.7. The van der Waals surface area contributed by atoms with Gasteiger partial charge in [0.15, 0.2) is 0 Å². The van der Waals surface area contributed by atoms with Crippen molar-refractivity contribution >= 4 is 92.0 Å². The highest BCUT2D eigenvalue weighted by molar-refractivity contribution is 8.00. The van der Waals surface area contributed by atoms with Gasteiger partial charge in [-0.2, -0.15) is 11.8 Å². The molecule has 7 N–H and O–H groups in total. The predicted molar refractivity (Wildman–Crippen MR) is 303 cm³/mol. The van der Waals surface area contributed by atoms with Crippen LogP contribution < -0.4 is 46.9 Å². The van der Waals surface area contributed by atoms with Gasteiger partial charge in [0, 0.05) is 94.5 Å². The highest BCUT2D eigenvalue weighted by Gasteiger charge is 2.42. The van der Waals surface area contributed by atoms with Crippen LogP contribution in [0.25, 0.3) is 10.2 Å². The van der Waals surface area contributed by atoms with Crippen LogP contribution in [0.4, 0.5) is 26.7 Å². The van der Waals surface area contributed by atoms with Crippen LogP contribution in [0.2, 0.25) is 0 Å². The fraction of sp³-hybridized carbons (Fsp3) is 0.500. The third kappa shape index (κ3) is 17.1. The van der Waals surface area contributed by atoms with E-state index in [0.717, 1.165) is 37.0 Å². The van der Waals surface area contributed by atoms with Crippen molar-refractivity contribution in [2.24, 2.45) is 0 Å². The smallest absolute Gasteiger partial charge is 0.331 e. The van der Waals surface area contributed by atoms with Gasteiger partial charge in [0.2, 0.25) is 23.6 Å². The summed E-state index contributed by atoms with van der Waals surface area (Å²) in [5.74, 6) is 1.36. The number of likely N-dealkylation sites (tertiary alicyclic amines) is 1. The molecule has 3 saturated heterocycles. The zero-order chi connectivity index (χ0) is 55.3. The summed E-state index contributed by atoms with van der Waals surface area (Å²) >= 11 is 3.09. The second-order valence-corrected chi connectivity index (χ2v) is 22.0. The standard InChI is InChI=1S/C56H72N10O11S2/c1-37-34-40(77-39-13-3-2-4-14-39)20-21-42(37)66-43-22-26-60-54-49(43)51(64-56(66)73)52(79-54)53(71)61-38-12-9-27-65(35-38)48(70)19-8-23-57-46(68)17-7-18-47(69)59-25-11-29-75-31-33-76-32-30-74-28-10-24-58-45(67)16-6-5-15-44-50-41(36-78-44)62-55(72)63-50/h2-4,8,13-14,19-22,26,34,38,41,44,50H,5-7,9-12,15-18,23-25,27-33,35-36H2,1H3,(H,57,68)(H,58,67)(H,59,69)(H,61,71)(H,64,73)(H2,62,63,72)/b19-8+/t38?,41-,44+,50-/m0/s1. The summed E-state index contributed by atoms with van der Waals surface area (Å²) in [5, 5.41) is 21.6. The van der Waals surface area contributed by atoms with Crippen molar-refractivity contribution in [1.82, 2.24) is 41.8 Å². The summed E-state index contributed by atoms with van der Waals surface area (Å²) in [5.41, 5.74) is 2.49. The number of pyridine rings is 1. The topological polar surface area (TPSA) is 260 Å². The van der Waals surface area contributed by atoms with E-state index in [0.29, 0.717) is 147 Å². The summed E-state index contributed by atoms with van der Waals surface area (Å²) in [6, 6.07) is 16.4. The fourth-order valence-electron chi connectivity index (χ4n) is 9.83. The van der Waals surface area contributed by atoms with Crippen molar-refractivity contribution < 1.29 is 52.5 Å². The third-order valence-corrected chi connectivity index (χ3v) is 16.4. The molecule has 0 radical (unpaired) electrons. The molecule has 23 heteroatoms. The van der Waals surface area contributed by atoms with E-state index in [2.05, 4.69) is 42.2 Å². The Morgan fingerprint density at radius 3 is 2.23 bits per heavy atom. The Morgan fingerprint density at radius 2 is 1.49 bits per heavy atom. The summed E-state index contributed by atoms with van der Waals surface area (Å²) in [7, 11) is 0. The van der Waals surface area contributed by atoms with Crippen LogP contribution in [0.1, 0.15) is 85.9 Å². The largest absolute Gasteiger partial charge is 0.457 e. The average Bonchev–Trinajstić information content (AvgIpc) is 4.37. The minimum Gasteiger partial charge on any atom is -0.457 e. The van der Waals surface area contributed by atoms with Gasteiger partial charge in [-0.05, 0) is 93.8 Å². The van der Waals surface area contributed by atoms with Gasteiger partial charge in [-0.1, -0.05) is 30.7 Å². The van der Waals surface area contributed by atoms with E-state index in [1.165, 1.54) is 17.4 Å². The lowest BCUT2D eigenvalue weighted by Gasteiger charge is -2.32. The lowest BCUT2D eigenvalue weighted by atomic mass is 10.0. The molecule has 4 atom stereocenters. The van der Waals surface area contributed by atoms with Crippen LogP contribution in [0, 0.1) is 6.92 Å². The molecule has 6 heterocycles. The lowest BCUT2D eigenvalue weighted by molar-refractivity contribution is -0.127. The average molecular weight is 1130 g/mol. The van der Waals surface area contributed by atoms with E-state index in [-0.39, 0.29) is 73.1 Å². The molecule has 2 aromatic heterocycles. The molecule has 0 bridgehead atoms. The number of para-hydroxylation sites is 1. The molecule has 79 heavy (non-hydrogen) atoms. The Kier molecular flexibility index (Phi) is 22.1. The van der Waals surface area contributed by atoms with Crippen molar-refractivity contribution in [3.8, 4) is 11.5 Å². The van der Waals surface area contributed by atoms with Crippen LogP contribution in [0.3, 0.4) is 0 Å². The Labute approximate surface area is 468 Å². The number of thioether (sulfide) groups is 1. The molecule has 4 aliphatic heterocycles. The quantitative estimate of drug-likeness (QED) is 0.0163. The summed E-state index contributed by atoms with van der Waals surface area (Å²) in [6.45, 7) is 6.65. The number of nitrogens with zero attached hydrogens (tertiary/aromatic N) is 3. The number of thiophene rings is 1. The summed E-state index contributed by atoms with van der Waals surface area (Å²) in [4.78, 5) is 98.0. The predicted octanol–water partition coefficient (Wildman–Crippen LogP) is 6.43. The number of anilines is 3. The SMILES string of the molecule is Cc1cc(Oc2ccccc2)ccc1N1C(=O)Nc2c(C(=O)NC3CCCN(C(=O)/C=C/CNC(=O)CCCC(=O)NCCCOCCOCCOCCCNC(=O)CCCC[C@H]4SC[C@@H]5NC(=O)N[C@@H]54)C3)sc3nccc1c23. The van der Waals surface area contributed by atoms with Crippen molar-refractivity contribution in [2.75, 3.05) is 88.3 Å². The summed E-state index contributed by atoms with van der Waals surface area (Å²) in [6.07, 6.45) is 11.4. The van der Waals surface area contributed by atoms with Gasteiger partial charge < -0.3 is 61.1 Å². The first-order valence-corrected chi connectivity index (χ1v) is 29.2. The van der Waals surface area contributed by atoms with E-state index >= 15 is 0 Å². The van der Waals surface area contributed by atoms with Gasteiger partial charge in [0.05, 0.1) is 61.0 Å². The Bertz CT molecular complexity index is 2780. The van der Waals surface area contributed by atoms with Crippen LogP contribution >= 0.6 is 23.1 Å². The zero-order valence-electron chi connectivity index (χ0n) is 44.6. The second kappa shape index (κ2) is 30.0. The second-order valence-electron chi connectivity index (χ2n) is 19.7. The van der Waals surface area contributed by atoms with E-state index < -0.39 is 6.03 Å². The van der Waals surface area contributed by atoms with Crippen LogP contribution in [0.5, 0.6) is 11.5 Å². The number of unbranched alkanes of at least 4 members (excludes halogenated alkanes) is 1. The monoisotopic (exact) mass is 1120 g/mol. The molecule has 0 spiro atoms. The Balaban J connectivity index is 0.616. The maximum absolute atomic E-state index is 13.9. The number of benzene rings is 2. The fourth-order valence-corrected chi connectivity index (χ4v) is 12.4. The zero-order valence-corrected chi connectivity index (χ0v) is 46.3. The number of hydrogen-bond donors (Lipinski definition) is 7. The number of ether oxygens (including phenoxy) is 4.